The number of ether oxygens (including phenoxy) is 1. The van der Waals surface area contributed by atoms with E-state index in [1.54, 1.807) is 24.3 Å². The topological polar surface area (TPSA) is 155 Å². The van der Waals surface area contributed by atoms with Crippen molar-refractivity contribution in [1.29, 1.82) is 0 Å². The number of esters is 1. The van der Waals surface area contributed by atoms with Gasteiger partial charge in [0.05, 0.1) is 12.7 Å². The van der Waals surface area contributed by atoms with Crippen molar-refractivity contribution >= 4 is 23.6 Å². The Labute approximate surface area is 216 Å². The Bertz CT molecular complexity index is 1490. The molecular weight excluding hydrogens is 496 g/mol. The van der Waals surface area contributed by atoms with E-state index in [1.165, 1.54) is 38.2 Å². The summed E-state index contributed by atoms with van der Waals surface area (Å²) in [7, 11) is 2.50. The number of pyridine rings is 2. The Kier molecular flexibility index (Phi) is 8.93. The van der Waals surface area contributed by atoms with Crippen LogP contribution in [0.4, 0.5) is 0 Å². The van der Waals surface area contributed by atoms with E-state index < -0.39 is 34.7 Å². The van der Waals surface area contributed by atoms with Gasteiger partial charge in [-0.05, 0) is 36.8 Å². The van der Waals surface area contributed by atoms with E-state index in [9.17, 15) is 28.8 Å². The second kappa shape index (κ2) is 12.3. The van der Waals surface area contributed by atoms with Gasteiger partial charge in [0.2, 0.25) is 0 Å². The minimum absolute atomic E-state index is 0.0113. The smallest absolute Gasteiger partial charge is 0.343 e. The number of methoxy groups -OCH3 is 1. The number of hydrogen-bond acceptors (Lipinski definition) is 8. The second-order valence-electron chi connectivity index (χ2n) is 8.05. The Morgan fingerprint density at radius 2 is 1.37 bits per heavy atom. The average Bonchev–Trinajstić information content (AvgIpc) is 2.91. The van der Waals surface area contributed by atoms with Crippen LogP contribution in [0.1, 0.15) is 54.2 Å². The van der Waals surface area contributed by atoms with Crippen LogP contribution in [-0.2, 0) is 18.4 Å². The van der Waals surface area contributed by atoms with Gasteiger partial charge in [-0.25, -0.2) is 4.79 Å². The number of carbonyl (C=O) groups is 4. The van der Waals surface area contributed by atoms with Crippen LogP contribution in [0.3, 0.4) is 0 Å². The molecule has 3 aromatic rings. The zero-order valence-electron chi connectivity index (χ0n) is 21.0. The lowest BCUT2D eigenvalue weighted by Gasteiger charge is -2.15. The van der Waals surface area contributed by atoms with E-state index in [1.807, 2.05) is 6.07 Å². The molecule has 0 atom stereocenters. The summed E-state index contributed by atoms with van der Waals surface area (Å²) in [5.41, 5.74) is -1.23. The van der Waals surface area contributed by atoms with Gasteiger partial charge in [0.1, 0.15) is 23.6 Å². The molecule has 3 rings (SSSR count). The zero-order valence-corrected chi connectivity index (χ0v) is 21.0. The highest BCUT2D eigenvalue weighted by atomic mass is 16.7. The molecule has 0 saturated heterocycles. The third kappa shape index (κ3) is 6.22. The first-order chi connectivity index (χ1) is 18.1. The van der Waals surface area contributed by atoms with Crippen molar-refractivity contribution in [3.63, 3.8) is 0 Å². The van der Waals surface area contributed by atoms with Crippen LogP contribution in [0.5, 0.6) is 0 Å². The van der Waals surface area contributed by atoms with Crippen molar-refractivity contribution in [2.45, 2.75) is 13.5 Å². The molecule has 0 bridgehead atoms. The molecule has 0 aliphatic carbocycles. The molecular formula is C26H26N4O8. The number of nitrogens with zero attached hydrogens (tertiary/aromatic N) is 2. The molecule has 0 fully saturated rings. The van der Waals surface area contributed by atoms with Gasteiger partial charge in [0.15, 0.2) is 5.78 Å². The van der Waals surface area contributed by atoms with Crippen molar-refractivity contribution < 1.29 is 28.8 Å². The van der Waals surface area contributed by atoms with Gasteiger partial charge in [-0.1, -0.05) is 30.3 Å². The van der Waals surface area contributed by atoms with Crippen LogP contribution in [0.15, 0.2) is 64.2 Å². The molecule has 0 radical (unpaired) electrons. The van der Waals surface area contributed by atoms with Crippen LogP contribution in [0.2, 0.25) is 0 Å². The molecule has 0 aliphatic rings. The molecule has 2 aromatic heterocycles. The van der Waals surface area contributed by atoms with Crippen molar-refractivity contribution in [3.05, 3.63) is 103 Å². The number of Topliss-reactive ketones (excluding diaryl/α,β-unsaturated/α-hetero) is 1. The fraction of sp³-hybridized carbons (Fsp3) is 0.231. The summed E-state index contributed by atoms with van der Waals surface area (Å²) in [6, 6.07) is 14.0. The third-order valence-electron chi connectivity index (χ3n) is 5.49. The molecule has 2 heterocycles. The van der Waals surface area contributed by atoms with E-state index >= 15 is 0 Å². The van der Waals surface area contributed by atoms with Crippen molar-refractivity contribution in [3.8, 4) is 0 Å². The van der Waals surface area contributed by atoms with E-state index in [-0.39, 0.29) is 42.2 Å². The van der Waals surface area contributed by atoms with Crippen LogP contribution in [0.25, 0.3) is 0 Å². The summed E-state index contributed by atoms with van der Waals surface area (Å²) < 4.78 is 6.41. The maximum Gasteiger partial charge on any atom is 0.343 e. The van der Waals surface area contributed by atoms with Gasteiger partial charge in [-0.3, -0.25) is 24.0 Å². The summed E-state index contributed by atoms with van der Waals surface area (Å²) in [5.74, 6) is -2.57. The molecule has 38 heavy (non-hydrogen) atoms. The first-order valence-corrected chi connectivity index (χ1v) is 11.4. The molecule has 198 valence electrons. The van der Waals surface area contributed by atoms with Gasteiger partial charge >= 0.3 is 5.97 Å². The predicted molar refractivity (Wildman–Crippen MR) is 135 cm³/mol. The number of nitrogens with one attached hydrogen (secondary N) is 2. The van der Waals surface area contributed by atoms with E-state index in [4.69, 9.17) is 4.84 Å². The van der Waals surface area contributed by atoms with Gasteiger partial charge in [0.25, 0.3) is 22.9 Å². The number of aromatic nitrogens is 2. The Morgan fingerprint density at radius 3 is 1.97 bits per heavy atom. The molecule has 12 nitrogen and oxygen atoms in total. The average molecular weight is 523 g/mol. The maximum atomic E-state index is 12.9. The molecule has 1 aromatic carbocycles. The summed E-state index contributed by atoms with van der Waals surface area (Å²) in [4.78, 5) is 79.5. The second-order valence-corrected chi connectivity index (χ2v) is 8.05. The van der Waals surface area contributed by atoms with Gasteiger partial charge in [0, 0.05) is 20.1 Å². The highest BCUT2D eigenvalue weighted by molar-refractivity contribution is 5.96. The minimum Gasteiger partial charge on any atom is -0.465 e. The number of carbonyl (C=O) groups excluding carboxylic acids is 4. The largest absolute Gasteiger partial charge is 0.465 e. The van der Waals surface area contributed by atoms with E-state index in [0.717, 1.165) is 22.0 Å². The number of amides is 2. The van der Waals surface area contributed by atoms with Gasteiger partial charge < -0.3 is 24.8 Å². The van der Waals surface area contributed by atoms with Crippen LogP contribution in [-0.4, -0.2) is 53.1 Å². The first-order valence-electron chi connectivity index (χ1n) is 11.4. The Balaban J connectivity index is 1.70. The third-order valence-corrected chi connectivity index (χ3v) is 5.49. The molecule has 0 saturated carbocycles. The zero-order chi connectivity index (χ0) is 27.8. The van der Waals surface area contributed by atoms with Crippen molar-refractivity contribution in [2.75, 3.05) is 20.2 Å². The minimum atomic E-state index is -0.882. The van der Waals surface area contributed by atoms with E-state index in [2.05, 4.69) is 15.4 Å². The molecule has 12 heteroatoms. The molecule has 0 spiro atoms. The fourth-order valence-electron chi connectivity index (χ4n) is 3.46. The lowest BCUT2D eigenvalue weighted by Crippen LogP contribution is -2.41. The lowest BCUT2D eigenvalue weighted by molar-refractivity contribution is 0.0563. The Morgan fingerprint density at radius 1 is 0.789 bits per heavy atom. The summed E-state index contributed by atoms with van der Waals surface area (Å²) in [6.07, 6.45) is 0. The number of ketones is 1. The summed E-state index contributed by atoms with van der Waals surface area (Å²) in [5, 5.41) is 5.13. The summed E-state index contributed by atoms with van der Waals surface area (Å²) in [6.45, 7) is 1.16. The van der Waals surface area contributed by atoms with Gasteiger partial charge in [-0.15, -0.1) is 4.73 Å². The van der Waals surface area contributed by atoms with Crippen molar-refractivity contribution in [1.82, 2.24) is 19.9 Å². The first kappa shape index (κ1) is 27.6. The molecule has 0 aliphatic heterocycles. The fourth-order valence-corrected chi connectivity index (χ4v) is 3.46. The van der Waals surface area contributed by atoms with E-state index in [0.29, 0.717) is 0 Å². The standard InChI is InChI=1S/C26H26N4O8/c1-16(31)18-9-11-20(29(2)24(18)34)22(32)27-13-14-28-23(33)21-12-10-19(26(36)37-3)25(35)30(21)38-15-17-7-5-4-6-8-17/h4-12H,13-15H2,1-3H3,(H,27,32)(H,28,33). The highest BCUT2D eigenvalue weighted by Gasteiger charge is 2.21. The lowest BCUT2D eigenvalue weighted by atomic mass is 10.2. The molecule has 2 N–H and O–H groups in total. The number of benzene rings is 1. The van der Waals surface area contributed by atoms with Crippen molar-refractivity contribution in [2.24, 2.45) is 7.05 Å². The summed E-state index contributed by atoms with van der Waals surface area (Å²) >= 11 is 0. The SMILES string of the molecule is COC(=O)c1ccc(C(=O)NCCNC(=O)c2ccc(C(C)=O)c(=O)n2C)n(OCc2ccccc2)c1=O. The Hall–Kier alpha value is -5.00. The highest BCUT2D eigenvalue weighted by Crippen LogP contribution is 2.04. The van der Waals surface area contributed by atoms with Crippen LogP contribution >= 0.6 is 0 Å². The van der Waals surface area contributed by atoms with Crippen LogP contribution in [0, 0.1) is 0 Å². The van der Waals surface area contributed by atoms with Crippen LogP contribution < -0.4 is 26.6 Å². The quantitative estimate of drug-likeness (QED) is 0.219. The molecule has 0 unspecified atom stereocenters. The number of rotatable bonds is 10. The molecule has 2 amide bonds. The normalized spacial score (nSPS) is 10.4. The maximum absolute atomic E-state index is 12.9. The van der Waals surface area contributed by atoms with Gasteiger partial charge in [-0.2, -0.15) is 0 Å². The predicted octanol–water partition coefficient (Wildman–Crippen LogP) is 0.325. The number of hydrogen-bond donors (Lipinski definition) is 2. The monoisotopic (exact) mass is 522 g/mol.